The van der Waals surface area contributed by atoms with Crippen LogP contribution >= 0.6 is 0 Å². The first-order valence-electron chi connectivity index (χ1n) is 16.7. The second-order valence-electron chi connectivity index (χ2n) is 13.1. The summed E-state index contributed by atoms with van der Waals surface area (Å²) in [5.74, 6) is 1.52. The number of carbonyl (C=O) groups is 3. The molecular weight excluding hydrogens is 648 g/mol. The van der Waals surface area contributed by atoms with Crippen molar-refractivity contribution in [3.63, 3.8) is 0 Å². The summed E-state index contributed by atoms with van der Waals surface area (Å²) in [5, 5.41) is 14.3. The van der Waals surface area contributed by atoms with Gasteiger partial charge in [0, 0.05) is 39.3 Å². The Hall–Kier alpha value is -5.05. The van der Waals surface area contributed by atoms with Gasteiger partial charge < -0.3 is 43.6 Å². The number of aryl methyl sites for hydroxylation is 1. The van der Waals surface area contributed by atoms with Crippen LogP contribution in [0.1, 0.15) is 60.6 Å². The molecule has 2 N–H and O–H groups in total. The number of hydrogen-bond acceptors (Lipinski definition) is 12. The summed E-state index contributed by atoms with van der Waals surface area (Å²) in [6, 6.07) is 8.30. The monoisotopic (exact) mass is 694 g/mol. The van der Waals surface area contributed by atoms with Gasteiger partial charge in [-0.05, 0) is 76.4 Å². The summed E-state index contributed by atoms with van der Waals surface area (Å²) in [4.78, 5) is 52.6. The highest BCUT2D eigenvalue weighted by atomic mass is 16.6. The molecule has 3 aromatic rings. The van der Waals surface area contributed by atoms with Crippen molar-refractivity contribution in [1.29, 1.82) is 0 Å². The molecule has 50 heavy (non-hydrogen) atoms. The second-order valence-corrected chi connectivity index (χ2v) is 13.1. The largest absolute Gasteiger partial charge is 0.486 e. The lowest BCUT2D eigenvalue weighted by Crippen LogP contribution is -2.54. The van der Waals surface area contributed by atoms with Crippen LogP contribution in [0.5, 0.6) is 11.6 Å². The number of ether oxygens (including phenoxy) is 4. The van der Waals surface area contributed by atoms with Crippen molar-refractivity contribution in [2.75, 3.05) is 51.3 Å². The van der Waals surface area contributed by atoms with Gasteiger partial charge in [0.05, 0.1) is 31.6 Å². The number of anilines is 1. The van der Waals surface area contributed by atoms with Gasteiger partial charge in [0.1, 0.15) is 29.3 Å². The van der Waals surface area contributed by atoms with E-state index >= 15 is 0 Å². The highest BCUT2D eigenvalue weighted by Crippen LogP contribution is 2.30. The highest BCUT2D eigenvalue weighted by Gasteiger charge is 2.37. The summed E-state index contributed by atoms with van der Waals surface area (Å²) in [6.45, 7) is 11.5. The molecule has 0 unspecified atom stereocenters. The van der Waals surface area contributed by atoms with Crippen LogP contribution in [0.2, 0.25) is 0 Å². The smallest absolute Gasteiger partial charge is 0.410 e. The Morgan fingerprint density at radius 1 is 1.06 bits per heavy atom. The number of methoxy groups -OCH3 is 1. The molecule has 3 amide bonds. The third-order valence-electron chi connectivity index (χ3n) is 8.51. The zero-order valence-electron chi connectivity index (χ0n) is 29.4. The lowest BCUT2D eigenvalue weighted by atomic mass is 9.91. The fraction of sp³-hybridized carbons (Fsp3) is 0.514. The summed E-state index contributed by atoms with van der Waals surface area (Å²) >= 11 is 0. The van der Waals surface area contributed by atoms with Crippen molar-refractivity contribution in [2.45, 2.75) is 71.9 Å². The zero-order chi connectivity index (χ0) is 36.0. The molecule has 1 saturated heterocycles. The average molecular weight is 695 g/mol. The molecule has 0 radical (unpaired) electrons. The van der Waals surface area contributed by atoms with E-state index in [1.807, 2.05) is 30.0 Å². The van der Waals surface area contributed by atoms with Crippen LogP contribution in [0.3, 0.4) is 0 Å². The van der Waals surface area contributed by atoms with Gasteiger partial charge in [0.15, 0.2) is 12.2 Å². The number of hydrogen-bond donors (Lipinski definition) is 2. The number of amides is 3. The maximum Gasteiger partial charge on any atom is 0.410 e. The highest BCUT2D eigenvalue weighted by molar-refractivity contribution is 5.96. The minimum atomic E-state index is -1.13. The topological polar surface area (TPSA) is 169 Å². The number of aliphatic hydroxyl groups is 1. The summed E-state index contributed by atoms with van der Waals surface area (Å²) in [7, 11) is 1.36. The van der Waals surface area contributed by atoms with E-state index in [9.17, 15) is 19.5 Å². The Labute approximate surface area is 291 Å². The standard InChI is InChI=1S/C35H46N6O9/c1-7-47-32-26(10-11-30(38-32)39-12-14-40(15-13-39)33(44)46-6)31(43)36-18-28(42)27-17-23-8-9-25(48-20-29-22(2)37-21-49-29)16-24(23)19-41(27)34(45)50-35(3,4)5/h8-11,16,21,27-28,42H,7,12-15,17-20H2,1-6H3,(H,36,43)/t27-,28+/m0/s1. The number of aliphatic hydroxyl groups excluding tert-OH is 1. The first kappa shape index (κ1) is 36.2. The molecule has 4 heterocycles. The van der Waals surface area contributed by atoms with E-state index in [2.05, 4.69) is 15.3 Å². The first-order chi connectivity index (χ1) is 23.9. The summed E-state index contributed by atoms with van der Waals surface area (Å²) in [5.41, 5.74) is 1.99. The van der Waals surface area contributed by atoms with E-state index < -0.39 is 29.7 Å². The number of nitrogens with zero attached hydrogens (tertiary/aromatic N) is 5. The molecule has 0 aliphatic carbocycles. The molecule has 15 nitrogen and oxygen atoms in total. The minimum Gasteiger partial charge on any atom is -0.486 e. The number of nitrogens with one attached hydrogen (secondary N) is 1. The second kappa shape index (κ2) is 15.7. The molecule has 270 valence electrons. The molecule has 0 spiro atoms. The van der Waals surface area contributed by atoms with Crippen molar-refractivity contribution in [3.05, 3.63) is 64.9 Å². The Morgan fingerprint density at radius 2 is 1.82 bits per heavy atom. The molecule has 5 rings (SSSR count). The maximum atomic E-state index is 13.4. The van der Waals surface area contributed by atoms with E-state index in [1.54, 1.807) is 44.7 Å². The number of carbonyl (C=O) groups excluding carboxylic acids is 3. The van der Waals surface area contributed by atoms with Crippen molar-refractivity contribution >= 4 is 23.9 Å². The predicted molar refractivity (Wildman–Crippen MR) is 181 cm³/mol. The number of benzene rings is 1. The number of oxazole rings is 1. The predicted octanol–water partition coefficient (Wildman–Crippen LogP) is 3.70. The van der Waals surface area contributed by atoms with Crippen LogP contribution < -0.4 is 19.7 Å². The zero-order valence-corrected chi connectivity index (χ0v) is 29.4. The number of fused-ring (bicyclic) bond motifs is 1. The van der Waals surface area contributed by atoms with Gasteiger partial charge in [-0.3, -0.25) is 9.69 Å². The molecule has 2 atom stereocenters. The summed E-state index contributed by atoms with van der Waals surface area (Å²) < 4.78 is 27.6. The molecule has 1 fully saturated rings. The van der Waals surface area contributed by atoms with Gasteiger partial charge >= 0.3 is 12.2 Å². The van der Waals surface area contributed by atoms with Crippen LogP contribution in [0, 0.1) is 6.92 Å². The number of piperazine rings is 1. The molecule has 15 heteroatoms. The van der Waals surface area contributed by atoms with Gasteiger partial charge in [0.2, 0.25) is 5.88 Å². The third kappa shape index (κ3) is 8.75. The normalized spacial score (nSPS) is 16.7. The number of aromatic nitrogens is 2. The number of rotatable bonds is 10. The molecule has 1 aromatic carbocycles. The lowest BCUT2D eigenvalue weighted by molar-refractivity contribution is -0.0113. The van der Waals surface area contributed by atoms with E-state index in [4.69, 9.17) is 23.4 Å². The summed E-state index contributed by atoms with van der Waals surface area (Å²) in [6.07, 6.45) is -0.372. The average Bonchev–Trinajstić information content (AvgIpc) is 3.52. The van der Waals surface area contributed by atoms with Crippen LogP contribution in [-0.2, 0) is 29.0 Å². The molecule has 0 bridgehead atoms. The van der Waals surface area contributed by atoms with Gasteiger partial charge in [0.25, 0.3) is 5.91 Å². The van der Waals surface area contributed by atoms with Gasteiger partial charge in [-0.15, -0.1) is 0 Å². The molecular formula is C35H46N6O9. The van der Waals surface area contributed by atoms with E-state index in [0.717, 1.165) is 16.8 Å². The Balaban J connectivity index is 1.27. The van der Waals surface area contributed by atoms with Crippen LogP contribution in [0.25, 0.3) is 0 Å². The van der Waals surface area contributed by atoms with Gasteiger partial charge in [-0.1, -0.05) is 6.07 Å². The SMILES string of the molecule is CCOc1nc(N2CCN(C(=O)OC)CC2)ccc1C(=O)NC[C@@H](O)[C@@H]1Cc2ccc(OCc3ocnc3C)cc2CN1C(=O)OC(C)(C)C. The van der Waals surface area contributed by atoms with Crippen LogP contribution in [0.4, 0.5) is 15.4 Å². The van der Waals surface area contributed by atoms with Gasteiger partial charge in [-0.2, -0.15) is 4.98 Å². The van der Waals surface area contributed by atoms with Crippen LogP contribution in [0.15, 0.2) is 41.1 Å². The first-order valence-corrected chi connectivity index (χ1v) is 16.7. The van der Waals surface area contributed by atoms with Crippen molar-refractivity contribution in [2.24, 2.45) is 0 Å². The van der Waals surface area contributed by atoms with E-state index in [1.165, 1.54) is 18.4 Å². The third-order valence-corrected chi connectivity index (χ3v) is 8.51. The maximum absolute atomic E-state index is 13.4. The van der Waals surface area contributed by atoms with E-state index in [-0.39, 0.29) is 43.8 Å². The van der Waals surface area contributed by atoms with Crippen molar-refractivity contribution < 1.29 is 42.9 Å². The molecule has 2 aromatic heterocycles. The van der Waals surface area contributed by atoms with Crippen molar-refractivity contribution in [3.8, 4) is 11.6 Å². The molecule has 2 aliphatic heterocycles. The van der Waals surface area contributed by atoms with Gasteiger partial charge in [-0.25, -0.2) is 14.6 Å². The van der Waals surface area contributed by atoms with Crippen LogP contribution in [-0.4, -0.2) is 107 Å². The van der Waals surface area contributed by atoms with Crippen molar-refractivity contribution in [1.82, 2.24) is 25.1 Å². The fourth-order valence-electron chi connectivity index (χ4n) is 5.85. The van der Waals surface area contributed by atoms with E-state index in [0.29, 0.717) is 49.9 Å². The quantitative estimate of drug-likeness (QED) is 0.316. The fourth-order valence-corrected chi connectivity index (χ4v) is 5.85. The Kier molecular flexibility index (Phi) is 11.3. The lowest BCUT2D eigenvalue weighted by Gasteiger charge is -2.40. The number of pyridine rings is 1. The Bertz CT molecular complexity index is 1660. The molecule has 2 aliphatic rings. The Morgan fingerprint density at radius 3 is 2.48 bits per heavy atom. The molecule has 0 saturated carbocycles. The minimum absolute atomic E-state index is 0.140.